The van der Waals surface area contributed by atoms with Gasteiger partial charge in [0.25, 0.3) is 0 Å². The van der Waals surface area contributed by atoms with Crippen molar-refractivity contribution >= 4 is 12.0 Å². The van der Waals surface area contributed by atoms with E-state index in [1.54, 1.807) is 0 Å². The molecule has 6 nitrogen and oxygen atoms in total. The number of aliphatic carboxylic acids is 1. The molecule has 120 valence electrons. The molecule has 2 rings (SSSR count). The van der Waals surface area contributed by atoms with Crippen molar-refractivity contribution in [1.29, 1.82) is 0 Å². The van der Waals surface area contributed by atoms with Crippen molar-refractivity contribution in [3.63, 3.8) is 0 Å². The maximum atomic E-state index is 11.9. The summed E-state index contributed by atoms with van der Waals surface area (Å²) in [5, 5.41) is 18.3. The molecule has 21 heavy (non-hydrogen) atoms. The molecule has 0 aromatic carbocycles. The number of hydrogen-bond acceptors (Lipinski definition) is 3. The number of carboxylic acids is 1. The van der Waals surface area contributed by atoms with Crippen molar-refractivity contribution in [2.75, 3.05) is 13.1 Å². The van der Waals surface area contributed by atoms with Gasteiger partial charge in [0.1, 0.15) is 5.54 Å². The Hall–Kier alpha value is -1.30. The SMILES string of the molecule is CC1CCCC(NC(=O)NCCCNC2CC2)(C(=O)O)C1. The number of carboxylic acid groups (broad SMARTS) is 1. The highest BCUT2D eigenvalue weighted by atomic mass is 16.4. The average molecular weight is 297 g/mol. The summed E-state index contributed by atoms with van der Waals surface area (Å²) in [6, 6.07) is 0.316. The fraction of sp³-hybridized carbons (Fsp3) is 0.867. The third kappa shape index (κ3) is 4.88. The van der Waals surface area contributed by atoms with Gasteiger partial charge in [-0.3, -0.25) is 0 Å². The Kier molecular flexibility index (Phi) is 5.45. The zero-order valence-corrected chi connectivity index (χ0v) is 12.8. The van der Waals surface area contributed by atoms with E-state index in [0.717, 1.165) is 25.8 Å². The van der Waals surface area contributed by atoms with Crippen molar-refractivity contribution in [3.8, 4) is 0 Å². The van der Waals surface area contributed by atoms with Crippen LogP contribution >= 0.6 is 0 Å². The molecule has 2 aliphatic carbocycles. The third-order valence-electron chi connectivity index (χ3n) is 4.41. The molecule has 2 fully saturated rings. The number of carbonyl (C=O) groups is 2. The first-order valence-electron chi connectivity index (χ1n) is 8.05. The maximum absolute atomic E-state index is 11.9. The molecule has 0 aliphatic heterocycles. The minimum absolute atomic E-state index is 0.331. The summed E-state index contributed by atoms with van der Waals surface area (Å²) in [6.07, 6.45) is 6.29. The van der Waals surface area contributed by atoms with Crippen LogP contribution in [-0.2, 0) is 4.79 Å². The number of nitrogens with one attached hydrogen (secondary N) is 3. The molecule has 6 heteroatoms. The standard InChI is InChI=1S/C15H27N3O3/c1-11-4-2-7-15(10-11,13(19)20)18-14(21)17-9-3-8-16-12-5-6-12/h11-12,16H,2-10H2,1H3,(H,19,20)(H2,17,18,21). The molecule has 0 bridgehead atoms. The van der Waals surface area contributed by atoms with E-state index in [1.165, 1.54) is 12.8 Å². The topological polar surface area (TPSA) is 90.5 Å². The minimum Gasteiger partial charge on any atom is -0.480 e. The van der Waals surface area contributed by atoms with Gasteiger partial charge in [0.05, 0.1) is 0 Å². The van der Waals surface area contributed by atoms with Crippen LogP contribution in [0.4, 0.5) is 4.79 Å². The lowest BCUT2D eigenvalue weighted by atomic mass is 9.76. The molecule has 2 aliphatic rings. The number of amides is 2. The fourth-order valence-electron chi connectivity index (χ4n) is 3.06. The Bertz CT molecular complexity index is 384. The predicted octanol–water partition coefficient (Wildman–Crippen LogP) is 1.46. The first kappa shape index (κ1) is 16.1. The summed E-state index contributed by atoms with van der Waals surface area (Å²) in [5.41, 5.74) is -1.09. The predicted molar refractivity (Wildman–Crippen MR) is 80.2 cm³/mol. The van der Waals surface area contributed by atoms with Crippen LogP contribution in [-0.4, -0.2) is 41.8 Å². The summed E-state index contributed by atoms with van der Waals surface area (Å²) in [4.78, 5) is 23.5. The van der Waals surface area contributed by atoms with Gasteiger partial charge in [-0.25, -0.2) is 9.59 Å². The summed E-state index contributed by atoms with van der Waals surface area (Å²) in [7, 11) is 0. The quantitative estimate of drug-likeness (QED) is 0.536. The summed E-state index contributed by atoms with van der Waals surface area (Å²) >= 11 is 0. The smallest absolute Gasteiger partial charge is 0.329 e. The van der Waals surface area contributed by atoms with Gasteiger partial charge in [-0.05, 0) is 44.6 Å². The largest absolute Gasteiger partial charge is 0.480 e. The van der Waals surface area contributed by atoms with E-state index in [4.69, 9.17) is 0 Å². The molecule has 0 aromatic rings. The molecule has 2 saturated carbocycles. The Labute approximate surface area is 126 Å². The summed E-state index contributed by atoms with van der Waals surface area (Å²) in [6.45, 7) is 3.50. The van der Waals surface area contributed by atoms with E-state index < -0.39 is 11.5 Å². The lowest BCUT2D eigenvalue weighted by Crippen LogP contribution is -2.59. The lowest BCUT2D eigenvalue weighted by Gasteiger charge is -2.37. The molecule has 0 heterocycles. The van der Waals surface area contributed by atoms with E-state index in [-0.39, 0.29) is 6.03 Å². The van der Waals surface area contributed by atoms with Gasteiger partial charge in [0, 0.05) is 12.6 Å². The van der Waals surface area contributed by atoms with E-state index in [0.29, 0.717) is 31.3 Å². The molecular formula is C15H27N3O3. The first-order valence-corrected chi connectivity index (χ1v) is 8.05. The number of rotatable bonds is 7. The van der Waals surface area contributed by atoms with Crippen LogP contribution in [0.3, 0.4) is 0 Å². The van der Waals surface area contributed by atoms with Crippen LogP contribution in [0.15, 0.2) is 0 Å². The van der Waals surface area contributed by atoms with Crippen LogP contribution in [0, 0.1) is 5.92 Å². The van der Waals surface area contributed by atoms with E-state index in [1.807, 2.05) is 6.92 Å². The van der Waals surface area contributed by atoms with Crippen LogP contribution in [0.5, 0.6) is 0 Å². The number of carbonyl (C=O) groups excluding carboxylic acids is 1. The Balaban J connectivity index is 1.71. The van der Waals surface area contributed by atoms with E-state index in [9.17, 15) is 14.7 Å². The van der Waals surface area contributed by atoms with Gasteiger partial charge in [-0.15, -0.1) is 0 Å². The van der Waals surface area contributed by atoms with Gasteiger partial charge in [0.15, 0.2) is 0 Å². The molecule has 2 atom stereocenters. The zero-order chi connectivity index (χ0) is 15.3. The second-order valence-electron chi connectivity index (χ2n) is 6.55. The van der Waals surface area contributed by atoms with Crippen LogP contribution < -0.4 is 16.0 Å². The maximum Gasteiger partial charge on any atom is 0.329 e. The highest BCUT2D eigenvalue weighted by molar-refractivity contribution is 5.86. The van der Waals surface area contributed by atoms with Crippen molar-refractivity contribution < 1.29 is 14.7 Å². The Morgan fingerprint density at radius 1 is 1.24 bits per heavy atom. The highest BCUT2D eigenvalue weighted by Gasteiger charge is 2.43. The Morgan fingerprint density at radius 3 is 2.62 bits per heavy atom. The van der Waals surface area contributed by atoms with Crippen molar-refractivity contribution in [3.05, 3.63) is 0 Å². The van der Waals surface area contributed by atoms with Gasteiger partial charge < -0.3 is 21.1 Å². The normalized spacial score (nSPS) is 28.9. The van der Waals surface area contributed by atoms with Gasteiger partial charge >= 0.3 is 12.0 Å². The molecule has 0 saturated heterocycles. The second kappa shape index (κ2) is 7.11. The molecule has 2 amide bonds. The summed E-state index contributed by atoms with van der Waals surface area (Å²) < 4.78 is 0. The molecule has 0 aromatic heterocycles. The molecule has 0 spiro atoms. The minimum atomic E-state index is -1.09. The van der Waals surface area contributed by atoms with Crippen molar-refractivity contribution in [2.24, 2.45) is 5.92 Å². The summed E-state index contributed by atoms with van der Waals surface area (Å²) in [5.74, 6) is -0.586. The molecule has 2 unspecified atom stereocenters. The molecule has 4 N–H and O–H groups in total. The average Bonchev–Trinajstić information content (AvgIpc) is 3.22. The third-order valence-corrected chi connectivity index (χ3v) is 4.41. The molecular weight excluding hydrogens is 270 g/mol. The van der Waals surface area contributed by atoms with E-state index in [2.05, 4.69) is 16.0 Å². The zero-order valence-electron chi connectivity index (χ0n) is 12.8. The Morgan fingerprint density at radius 2 is 2.00 bits per heavy atom. The molecule has 0 radical (unpaired) electrons. The lowest BCUT2D eigenvalue weighted by molar-refractivity contribution is -0.146. The van der Waals surface area contributed by atoms with Gasteiger partial charge in [-0.1, -0.05) is 19.8 Å². The van der Waals surface area contributed by atoms with Gasteiger partial charge in [-0.2, -0.15) is 0 Å². The highest BCUT2D eigenvalue weighted by Crippen LogP contribution is 2.32. The van der Waals surface area contributed by atoms with Crippen LogP contribution in [0.25, 0.3) is 0 Å². The number of urea groups is 1. The van der Waals surface area contributed by atoms with Crippen LogP contribution in [0.1, 0.15) is 51.9 Å². The van der Waals surface area contributed by atoms with Crippen molar-refractivity contribution in [1.82, 2.24) is 16.0 Å². The fourth-order valence-corrected chi connectivity index (χ4v) is 3.06. The van der Waals surface area contributed by atoms with E-state index >= 15 is 0 Å². The monoisotopic (exact) mass is 297 g/mol. The van der Waals surface area contributed by atoms with Crippen LogP contribution in [0.2, 0.25) is 0 Å². The first-order chi connectivity index (χ1) is 10.0. The van der Waals surface area contributed by atoms with Gasteiger partial charge in [0.2, 0.25) is 0 Å². The number of hydrogen-bond donors (Lipinski definition) is 4. The second-order valence-corrected chi connectivity index (χ2v) is 6.55. The van der Waals surface area contributed by atoms with Crippen molar-refractivity contribution in [2.45, 2.75) is 63.5 Å².